The predicted molar refractivity (Wildman–Crippen MR) is 79.8 cm³/mol. The smallest absolute Gasteiger partial charge is 0.135 e. The maximum absolute atomic E-state index is 4.60. The van der Waals surface area contributed by atoms with Crippen LogP contribution in [0.5, 0.6) is 0 Å². The maximum atomic E-state index is 4.60. The lowest BCUT2D eigenvalue weighted by Crippen LogP contribution is -2.10. The van der Waals surface area contributed by atoms with Gasteiger partial charge in [0.1, 0.15) is 17.5 Å². The Morgan fingerprint density at radius 1 is 1.26 bits per heavy atom. The number of nitrogens with one attached hydrogen (secondary N) is 2. The highest BCUT2D eigenvalue weighted by Crippen LogP contribution is 2.23. The Hall–Kier alpha value is -1.69. The molecule has 19 heavy (non-hydrogen) atoms. The summed E-state index contributed by atoms with van der Waals surface area (Å²) < 4.78 is 0. The third-order valence-corrected chi connectivity index (χ3v) is 3.61. The Morgan fingerprint density at radius 2 is 2.00 bits per heavy atom. The largest absolute Gasteiger partial charge is 0.373 e. The minimum Gasteiger partial charge on any atom is -0.373 e. The molecular weight excluding hydrogens is 258 g/mol. The van der Waals surface area contributed by atoms with Crippen molar-refractivity contribution in [3.05, 3.63) is 28.0 Å². The fourth-order valence-electron chi connectivity index (χ4n) is 1.71. The van der Waals surface area contributed by atoms with Crippen LogP contribution in [0.1, 0.15) is 36.0 Å². The van der Waals surface area contributed by atoms with Crippen molar-refractivity contribution in [1.29, 1.82) is 0 Å². The van der Waals surface area contributed by atoms with Gasteiger partial charge in [-0.2, -0.15) is 0 Å². The molecule has 0 aliphatic carbocycles. The van der Waals surface area contributed by atoms with Gasteiger partial charge in [0.2, 0.25) is 0 Å². The van der Waals surface area contributed by atoms with Gasteiger partial charge in [0.15, 0.2) is 0 Å². The molecule has 0 atom stereocenters. The van der Waals surface area contributed by atoms with Gasteiger partial charge < -0.3 is 10.6 Å². The zero-order valence-electron chi connectivity index (χ0n) is 11.7. The average Bonchev–Trinajstić information content (AvgIpc) is 2.90. The summed E-state index contributed by atoms with van der Waals surface area (Å²) in [6, 6.07) is 0. The first-order valence-electron chi connectivity index (χ1n) is 6.29. The fraction of sp³-hybridized carbons (Fsp3) is 0.462. The average molecular weight is 277 g/mol. The molecule has 6 heteroatoms. The molecule has 2 aromatic heterocycles. The van der Waals surface area contributed by atoms with Crippen LogP contribution in [0, 0.1) is 6.92 Å². The number of aromatic nitrogens is 3. The van der Waals surface area contributed by atoms with Gasteiger partial charge >= 0.3 is 0 Å². The molecule has 0 amide bonds. The number of thiazole rings is 1. The van der Waals surface area contributed by atoms with Crippen LogP contribution in [-0.2, 0) is 6.54 Å². The summed E-state index contributed by atoms with van der Waals surface area (Å²) >= 11 is 1.64. The monoisotopic (exact) mass is 277 g/mol. The van der Waals surface area contributed by atoms with E-state index < -0.39 is 0 Å². The van der Waals surface area contributed by atoms with Crippen molar-refractivity contribution >= 4 is 23.0 Å². The van der Waals surface area contributed by atoms with Crippen molar-refractivity contribution in [3.63, 3.8) is 0 Å². The molecule has 0 fully saturated rings. The van der Waals surface area contributed by atoms with Crippen LogP contribution in [0.4, 0.5) is 11.6 Å². The fourth-order valence-corrected chi connectivity index (χ4v) is 2.24. The number of anilines is 2. The lowest BCUT2D eigenvalue weighted by molar-refractivity contribution is 0.773. The summed E-state index contributed by atoms with van der Waals surface area (Å²) in [5.74, 6) is 2.92. The zero-order chi connectivity index (χ0) is 13.8. The molecule has 0 bridgehead atoms. The van der Waals surface area contributed by atoms with Gasteiger partial charge in [-0.1, -0.05) is 13.8 Å². The summed E-state index contributed by atoms with van der Waals surface area (Å²) in [6.45, 7) is 6.95. The molecule has 0 aromatic carbocycles. The van der Waals surface area contributed by atoms with Crippen LogP contribution in [0.15, 0.2) is 11.7 Å². The molecule has 2 heterocycles. The highest BCUT2D eigenvalue weighted by molar-refractivity contribution is 7.09. The van der Waals surface area contributed by atoms with Crippen LogP contribution in [0.2, 0.25) is 0 Å². The lowest BCUT2D eigenvalue weighted by atomic mass is 10.2. The van der Waals surface area contributed by atoms with Crippen LogP contribution in [0.25, 0.3) is 0 Å². The molecule has 0 spiro atoms. The lowest BCUT2D eigenvalue weighted by Gasteiger charge is -2.14. The summed E-state index contributed by atoms with van der Waals surface area (Å²) in [5.41, 5.74) is 2.87. The van der Waals surface area contributed by atoms with E-state index in [1.807, 2.05) is 25.7 Å². The molecule has 0 saturated heterocycles. The SMILES string of the molecule is CNc1nc(C(C)C)nc(NCc2cncs2)c1C. The molecule has 2 N–H and O–H groups in total. The molecule has 2 aromatic rings. The molecule has 0 unspecified atom stereocenters. The van der Waals surface area contributed by atoms with Crippen molar-refractivity contribution < 1.29 is 0 Å². The van der Waals surface area contributed by atoms with Gasteiger partial charge in [0.25, 0.3) is 0 Å². The van der Waals surface area contributed by atoms with E-state index in [0.717, 1.165) is 29.6 Å². The van der Waals surface area contributed by atoms with E-state index in [2.05, 4.69) is 39.4 Å². The Balaban J connectivity index is 2.24. The van der Waals surface area contributed by atoms with Gasteiger partial charge in [-0.05, 0) is 6.92 Å². The third-order valence-electron chi connectivity index (χ3n) is 2.83. The Bertz CT molecular complexity index is 536. The molecule has 0 radical (unpaired) electrons. The zero-order valence-corrected chi connectivity index (χ0v) is 12.5. The van der Waals surface area contributed by atoms with Crippen LogP contribution in [0.3, 0.4) is 0 Å². The molecule has 102 valence electrons. The number of rotatable bonds is 5. The third kappa shape index (κ3) is 3.20. The van der Waals surface area contributed by atoms with Crippen LogP contribution >= 0.6 is 11.3 Å². The van der Waals surface area contributed by atoms with E-state index in [1.165, 1.54) is 4.88 Å². The van der Waals surface area contributed by atoms with Crippen LogP contribution in [-0.4, -0.2) is 22.0 Å². The van der Waals surface area contributed by atoms with Gasteiger partial charge in [-0.3, -0.25) is 4.98 Å². The Kier molecular flexibility index (Phi) is 4.31. The van der Waals surface area contributed by atoms with E-state index in [-0.39, 0.29) is 0 Å². The summed E-state index contributed by atoms with van der Waals surface area (Å²) in [4.78, 5) is 14.4. The molecule has 2 rings (SSSR count). The molecule has 0 aliphatic heterocycles. The molecule has 0 aliphatic rings. The highest BCUT2D eigenvalue weighted by atomic mass is 32.1. The first kappa shape index (κ1) is 13.7. The standard InChI is InChI=1S/C13H19N5S/c1-8(2)11-17-12(14-4)9(3)13(18-11)16-6-10-5-15-7-19-10/h5,7-8H,6H2,1-4H3,(H2,14,16,17,18). The van der Waals surface area contributed by atoms with Gasteiger partial charge in [-0.25, -0.2) is 9.97 Å². The second-order valence-electron chi connectivity index (χ2n) is 4.63. The van der Waals surface area contributed by atoms with Crippen molar-refractivity contribution in [2.24, 2.45) is 0 Å². The number of nitrogens with zero attached hydrogens (tertiary/aromatic N) is 3. The number of hydrogen-bond donors (Lipinski definition) is 2. The van der Waals surface area contributed by atoms with Crippen molar-refractivity contribution in [3.8, 4) is 0 Å². The van der Waals surface area contributed by atoms with E-state index in [9.17, 15) is 0 Å². The van der Waals surface area contributed by atoms with E-state index in [1.54, 1.807) is 11.3 Å². The molecule has 5 nitrogen and oxygen atoms in total. The van der Waals surface area contributed by atoms with Crippen molar-refractivity contribution in [2.45, 2.75) is 33.2 Å². The van der Waals surface area contributed by atoms with E-state index >= 15 is 0 Å². The predicted octanol–water partition coefficient (Wildman–Crippen LogP) is 3.02. The molecule has 0 saturated carbocycles. The van der Waals surface area contributed by atoms with Gasteiger partial charge in [-0.15, -0.1) is 11.3 Å². The van der Waals surface area contributed by atoms with Gasteiger partial charge in [0.05, 0.1) is 12.1 Å². The van der Waals surface area contributed by atoms with Crippen LogP contribution < -0.4 is 10.6 Å². The summed E-state index contributed by atoms with van der Waals surface area (Å²) in [6.07, 6.45) is 1.87. The molecular formula is C13H19N5S. The second kappa shape index (κ2) is 5.97. The Labute approximate surface area is 117 Å². The van der Waals surface area contributed by atoms with E-state index in [0.29, 0.717) is 5.92 Å². The van der Waals surface area contributed by atoms with E-state index in [4.69, 9.17) is 0 Å². The minimum atomic E-state index is 0.302. The first-order chi connectivity index (χ1) is 9.11. The minimum absolute atomic E-state index is 0.302. The maximum Gasteiger partial charge on any atom is 0.135 e. The second-order valence-corrected chi connectivity index (χ2v) is 5.60. The topological polar surface area (TPSA) is 62.7 Å². The normalized spacial score (nSPS) is 10.8. The van der Waals surface area contributed by atoms with Crippen molar-refractivity contribution in [1.82, 2.24) is 15.0 Å². The summed E-state index contributed by atoms with van der Waals surface area (Å²) in [5, 5.41) is 6.49. The summed E-state index contributed by atoms with van der Waals surface area (Å²) in [7, 11) is 1.88. The van der Waals surface area contributed by atoms with Crippen molar-refractivity contribution in [2.75, 3.05) is 17.7 Å². The first-order valence-corrected chi connectivity index (χ1v) is 7.17. The number of hydrogen-bond acceptors (Lipinski definition) is 6. The highest BCUT2D eigenvalue weighted by Gasteiger charge is 2.12. The Morgan fingerprint density at radius 3 is 2.58 bits per heavy atom. The van der Waals surface area contributed by atoms with Gasteiger partial charge in [0, 0.05) is 29.6 Å². The quantitative estimate of drug-likeness (QED) is 0.879.